The number of benzene rings is 1. The van der Waals surface area contributed by atoms with Crippen LogP contribution in [0, 0.1) is 0 Å². The molecule has 0 saturated carbocycles. The molecule has 1 aromatic carbocycles. The Morgan fingerprint density at radius 3 is 1.76 bits per heavy atom. The van der Waals surface area contributed by atoms with Crippen molar-refractivity contribution >= 4 is 5.97 Å². The van der Waals surface area contributed by atoms with Gasteiger partial charge in [-0.1, -0.05) is 12.1 Å². The third-order valence-electron chi connectivity index (χ3n) is 7.20. The molecule has 1 aromatic rings. The van der Waals surface area contributed by atoms with E-state index >= 15 is 0 Å². The molecular formula is C26H42N2O6. The monoisotopic (exact) mass is 478 g/mol. The first-order chi connectivity index (χ1) is 15.4. The van der Waals surface area contributed by atoms with E-state index in [0.29, 0.717) is 36.8 Å². The normalized spacial score (nSPS) is 26.2. The number of carbonyl (C=O) groups is 1. The molecule has 2 heterocycles. The molecule has 2 aliphatic rings. The highest BCUT2D eigenvalue weighted by atomic mass is 16.6. The van der Waals surface area contributed by atoms with E-state index in [9.17, 15) is 20.3 Å². The summed E-state index contributed by atoms with van der Waals surface area (Å²) < 4.78 is 11.8. The van der Waals surface area contributed by atoms with Crippen LogP contribution < -0.4 is 0 Å². The van der Waals surface area contributed by atoms with E-state index in [-0.39, 0.29) is 12.2 Å². The summed E-state index contributed by atoms with van der Waals surface area (Å²) in [6, 6.07) is 6.68. The topological polar surface area (TPSA) is 103 Å². The largest absolute Gasteiger partial charge is 0.459 e. The van der Waals surface area contributed by atoms with Crippen molar-refractivity contribution < 1.29 is 29.8 Å². The Hall–Kier alpha value is -1.55. The zero-order chi connectivity index (χ0) is 25.7. The molecule has 192 valence electrons. The summed E-state index contributed by atoms with van der Waals surface area (Å²) in [6.45, 7) is 15.5. The molecular weight excluding hydrogens is 436 g/mol. The van der Waals surface area contributed by atoms with Gasteiger partial charge in [-0.3, -0.25) is 0 Å². The molecule has 2 aliphatic heterocycles. The lowest BCUT2D eigenvalue weighted by Crippen LogP contribution is -2.60. The van der Waals surface area contributed by atoms with Crippen molar-refractivity contribution in [3.8, 4) is 0 Å². The highest BCUT2D eigenvalue weighted by Gasteiger charge is 2.47. The summed E-state index contributed by atoms with van der Waals surface area (Å²) >= 11 is 0. The number of carbonyl (C=O) groups excluding carboxylic acids is 1. The summed E-state index contributed by atoms with van der Waals surface area (Å²) in [7, 11) is 0. The van der Waals surface area contributed by atoms with Crippen LogP contribution in [-0.4, -0.2) is 66.0 Å². The van der Waals surface area contributed by atoms with Crippen molar-refractivity contribution in [2.75, 3.05) is 0 Å². The van der Waals surface area contributed by atoms with Crippen LogP contribution in [0.1, 0.15) is 103 Å². The molecule has 3 N–H and O–H groups in total. The van der Waals surface area contributed by atoms with Crippen molar-refractivity contribution in [3.05, 3.63) is 35.4 Å². The molecule has 0 spiro atoms. The molecule has 34 heavy (non-hydrogen) atoms. The standard InChI is InChI=1S/C26H42N2O6/c1-23(2)13-19(14-24(3,4)27(23)31)33-21(29)17-10-9-11-18(12-17)22(30)34-20-15-25(5,6)28(32)26(7,8)16-20/h9-12,19-21,29,31-32H,13-16H2,1-8H3. The van der Waals surface area contributed by atoms with Crippen LogP contribution in [0.15, 0.2) is 24.3 Å². The van der Waals surface area contributed by atoms with Gasteiger partial charge in [-0.25, -0.2) is 4.79 Å². The highest BCUT2D eigenvalue weighted by molar-refractivity contribution is 5.89. The lowest BCUT2D eigenvalue weighted by atomic mass is 9.80. The van der Waals surface area contributed by atoms with Crippen LogP contribution in [0.5, 0.6) is 0 Å². The fourth-order valence-electron chi connectivity index (χ4n) is 5.84. The van der Waals surface area contributed by atoms with Gasteiger partial charge in [-0.15, -0.1) is 0 Å². The molecule has 2 saturated heterocycles. The maximum atomic E-state index is 12.9. The first-order valence-electron chi connectivity index (χ1n) is 12.1. The maximum absolute atomic E-state index is 12.9. The van der Waals surface area contributed by atoms with E-state index < -0.39 is 34.4 Å². The van der Waals surface area contributed by atoms with Crippen molar-refractivity contribution in [1.29, 1.82) is 0 Å². The molecule has 0 radical (unpaired) electrons. The van der Waals surface area contributed by atoms with Gasteiger partial charge in [-0.2, -0.15) is 10.1 Å². The van der Waals surface area contributed by atoms with Gasteiger partial charge in [-0.05, 0) is 80.4 Å². The number of rotatable bonds is 5. The minimum absolute atomic E-state index is 0.257. The summed E-state index contributed by atoms with van der Waals surface area (Å²) in [4.78, 5) is 12.9. The minimum Gasteiger partial charge on any atom is -0.459 e. The van der Waals surface area contributed by atoms with Crippen molar-refractivity contribution in [1.82, 2.24) is 10.1 Å². The second-order valence-corrected chi connectivity index (χ2v) is 12.5. The fourth-order valence-corrected chi connectivity index (χ4v) is 5.84. The van der Waals surface area contributed by atoms with Gasteiger partial charge in [0.05, 0.1) is 11.7 Å². The second kappa shape index (κ2) is 9.15. The SMILES string of the molecule is CC1(C)CC(OC(=O)c2cccc(C(O)OC3CC(C)(C)N(O)C(C)(C)C3)c2)CC(C)(C)N1O. The number of piperidine rings is 2. The highest BCUT2D eigenvalue weighted by Crippen LogP contribution is 2.40. The number of ether oxygens (including phenoxy) is 2. The zero-order valence-corrected chi connectivity index (χ0v) is 21.8. The summed E-state index contributed by atoms with van der Waals surface area (Å²) in [6.07, 6.45) is 0.344. The smallest absolute Gasteiger partial charge is 0.338 e. The number of aliphatic hydroxyl groups excluding tert-OH is 1. The first kappa shape index (κ1) is 27.0. The Labute approximate surface area is 203 Å². The number of aliphatic hydroxyl groups is 1. The van der Waals surface area contributed by atoms with Gasteiger partial charge in [0, 0.05) is 40.6 Å². The number of esters is 1. The molecule has 0 aromatic heterocycles. The summed E-state index contributed by atoms with van der Waals surface area (Å²) in [5, 5.41) is 34.5. The van der Waals surface area contributed by atoms with Crippen LogP contribution >= 0.6 is 0 Å². The van der Waals surface area contributed by atoms with Crippen LogP contribution in [-0.2, 0) is 9.47 Å². The zero-order valence-electron chi connectivity index (χ0n) is 21.8. The van der Waals surface area contributed by atoms with Crippen LogP contribution in [0.25, 0.3) is 0 Å². The minimum atomic E-state index is -1.20. The summed E-state index contributed by atoms with van der Waals surface area (Å²) in [5.74, 6) is -0.465. The predicted octanol–water partition coefficient (Wildman–Crippen LogP) is 4.67. The van der Waals surface area contributed by atoms with Crippen molar-refractivity contribution in [2.24, 2.45) is 0 Å². The van der Waals surface area contributed by atoms with Crippen LogP contribution in [0.4, 0.5) is 0 Å². The van der Waals surface area contributed by atoms with Gasteiger partial charge >= 0.3 is 5.97 Å². The molecule has 1 atom stereocenters. The Morgan fingerprint density at radius 2 is 1.29 bits per heavy atom. The van der Waals surface area contributed by atoms with Gasteiger partial charge in [0.1, 0.15) is 6.10 Å². The van der Waals surface area contributed by atoms with E-state index in [2.05, 4.69) is 0 Å². The average molecular weight is 479 g/mol. The summed E-state index contributed by atoms with van der Waals surface area (Å²) in [5.41, 5.74) is -1.23. The van der Waals surface area contributed by atoms with Gasteiger partial charge in [0.15, 0.2) is 6.29 Å². The maximum Gasteiger partial charge on any atom is 0.338 e. The molecule has 3 rings (SSSR count). The van der Waals surface area contributed by atoms with E-state index in [1.807, 2.05) is 55.4 Å². The van der Waals surface area contributed by atoms with E-state index in [4.69, 9.17) is 9.47 Å². The quantitative estimate of drug-likeness (QED) is 0.414. The lowest BCUT2D eigenvalue weighted by molar-refractivity contribution is -0.275. The number of hydrogen-bond acceptors (Lipinski definition) is 8. The predicted molar refractivity (Wildman–Crippen MR) is 128 cm³/mol. The number of hydrogen-bond donors (Lipinski definition) is 3. The lowest BCUT2D eigenvalue weighted by Gasteiger charge is -2.51. The number of nitrogens with zero attached hydrogens (tertiary/aromatic N) is 2. The third-order valence-corrected chi connectivity index (χ3v) is 7.20. The van der Waals surface area contributed by atoms with Gasteiger partial charge in [0.2, 0.25) is 0 Å². The molecule has 1 unspecified atom stereocenters. The van der Waals surface area contributed by atoms with E-state index in [1.165, 1.54) is 10.1 Å². The van der Waals surface area contributed by atoms with Crippen molar-refractivity contribution in [3.63, 3.8) is 0 Å². The molecule has 8 nitrogen and oxygen atoms in total. The Kier molecular flexibility index (Phi) is 7.28. The first-order valence-corrected chi connectivity index (χ1v) is 12.1. The number of hydroxylamine groups is 4. The van der Waals surface area contributed by atoms with E-state index in [0.717, 1.165) is 0 Å². The molecule has 0 aliphatic carbocycles. The van der Waals surface area contributed by atoms with Crippen molar-refractivity contribution in [2.45, 2.75) is 122 Å². The molecule has 0 amide bonds. The fraction of sp³-hybridized carbons (Fsp3) is 0.731. The second-order valence-electron chi connectivity index (χ2n) is 12.5. The third kappa shape index (κ3) is 5.64. The molecule has 8 heteroatoms. The average Bonchev–Trinajstić information content (AvgIpc) is 2.69. The molecule has 2 fully saturated rings. The Bertz CT molecular complexity index is 861. The van der Waals surface area contributed by atoms with Crippen LogP contribution in [0.2, 0.25) is 0 Å². The Balaban J connectivity index is 1.68. The van der Waals surface area contributed by atoms with Gasteiger partial charge in [0.25, 0.3) is 0 Å². The van der Waals surface area contributed by atoms with Gasteiger partial charge < -0.3 is 25.0 Å². The van der Waals surface area contributed by atoms with Crippen LogP contribution in [0.3, 0.4) is 0 Å². The Morgan fingerprint density at radius 1 is 0.853 bits per heavy atom. The van der Waals surface area contributed by atoms with E-state index in [1.54, 1.807) is 24.3 Å². The molecule has 0 bridgehead atoms.